The fourth-order valence-electron chi connectivity index (χ4n) is 7.22. The molecule has 5 heterocycles. The van der Waals surface area contributed by atoms with Crippen LogP contribution in [0.15, 0.2) is 12.3 Å². The zero-order valence-electron chi connectivity index (χ0n) is 23.8. The van der Waals surface area contributed by atoms with Crippen LogP contribution in [-0.4, -0.2) is 75.8 Å². The number of aliphatic hydroxyl groups is 1. The smallest absolute Gasteiger partial charge is 0.319 e. The van der Waals surface area contributed by atoms with E-state index in [2.05, 4.69) is 25.5 Å². The average Bonchev–Trinajstić information content (AvgIpc) is 3.64. The molecule has 1 aliphatic carbocycles. The predicted octanol–water partition coefficient (Wildman–Crippen LogP) is 4.94. The fraction of sp³-hybridized carbons (Fsp3) is 0.533. The van der Waals surface area contributed by atoms with Crippen LogP contribution in [0, 0.1) is 18.2 Å². The molecule has 42 heavy (non-hydrogen) atoms. The Kier molecular flexibility index (Phi) is 7.06. The lowest BCUT2D eigenvalue weighted by atomic mass is 9.76. The van der Waals surface area contributed by atoms with Crippen LogP contribution in [0.25, 0.3) is 33.1 Å². The number of anilines is 1. The van der Waals surface area contributed by atoms with Gasteiger partial charge in [0.05, 0.1) is 36.6 Å². The van der Waals surface area contributed by atoms with Crippen LogP contribution >= 0.6 is 11.6 Å². The molecule has 0 bridgehead atoms. The number of aliphatic hydroxyl groups excluding tert-OH is 1. The third-order valence-electron chi connectivity index (χ3n) is 9.34. The van der Waals surface area contributed by atoms with E-state index in [0.29, 0.717) is 64.9 Å². The number of nitrogens with one attached hydrogen (secondary N) is 2. The van der Waals surface area contributed by atoms with Gasteiger partial charge in [0.25, 0.3) is 0 Å². The number of aromatic amines is 1. The van der Waals surface area contributed by atoms with Gasteiger partial charge >= 0.3 is 6.01 Å². The van der Waals surface area contributed by atoms with E-state index in [1.165, 1.54) is 7.11 Å². The van der Waals surface area contributed by atoms with Gasteiger partial charge in [-0.3, -0.25) is 5.10 Å². The van der Waals surface area contributed by atoms with Crippen LogP contribution in [0.3, 0.4) is 0 Å². The van der Waals surface area contributed by atoms with Crippen LogP contribution in [0.5, 0.6) is 11.9 Å². The lowest BCUT2D eigenvalue weighted by Crippen LogP contribution is -2.49. The summed E-state index contributed by atoms with van der Waals surface area (Å²) >= 11 is 6.78. The molecule has 0 amide bonds. The van der Waals surface area contributed by atoms with Gasteiger partial charge < -0.3 is 24.8 Å². The fourth-order valence-corrected chi connectivity index (χ4v) is 7.46. The molecule has 2 aliphatic heterocycles. The van der Waals surface area contributed by atoms with E-state index in [1.807, 2.05) is 17.9 Å². The van der Waals surface area contributed by atoms with Crippen molar-refractivity contribution in [3.05, 3.63) is 28.7 Å². The molecule has 1 saturated carbocycles. The SMILES string of the molecule is COc1nc(-c2c(Cl)c(C)cc3[nH]ncc23)c(F)c2nc(OCC34CCCNC3CCC4)nc(N3CCCC(O)C3)c12. The molecule has 3 fully saturated rings. The summed E-state index contributed by atoms with van der Waals surface area (Å²) in [5.41, 5.74) is 1.95. The number of nitrogens with zero attached hydrogens (tertiary/aromatic N) is 5. The second kappa shape index (κ2) is 10.8. The first-order valence-corrected chi connectivity index (χ1v) is 15.1. The minimum Gasteiger partial charge on any atom is -0.480 e. The van der Waals surface area contributed by atoms with Crippen molar-refractivity contribution < 1.29 is 19.0 Å². The number of ether oxygens (including phenoxy) is 2. The Bertz CT molecular complexity index is 1670. The molecule has 3 unspecified atom stereocenters. The third kappa shape index (κ3) is 4.53. The highest BCUT2D eigenvalue weighted by molar-refractivity contribution is 6.35. The molecular weight excluding hydrogens is 561 g/mol. The first-order valence-electron chi connectivity index (χ1n) is 14.8. The Morgan fingerprint density at radius 3 is 2.88 bits per heavy atom. The van der Waals surface area contributed by atoms with Crippen LogP contribution in [0.1, 0.15) is 50.5 Å². The van der Waals surface area contributed by atoms with Crippen LogP contribution < -0.4 is 19.7 Å². The summed E-state index contributed by atoms with van der Waals surface area (Å²) in [7, 11) is 1.49. The number of β-amino-alcohol motifs (C(OH)–C–C–N with tert-alkyl or cyclic N) is 1. The lowest BCUT2D eigenvalue weighted by Gasteiger charge is -2.39. The van der Waals surface area contributed by atoms with Gasteiger partial charge in [-0.2, -0.15) is 15.1 Å². The van der Waals surface area contributed by atoms with E-state index >= 15 is 4.39 Å². The van der Waals surface area contributed by atoms with Crippen molar-refractivity contribution in [3.8, 4) is 23.1 Å². The molecule has 3 atom stereocenters. The number of aromatic nitrogens is 5. The molecule has 1 aromatic carbocycles. The van der Waals surface area contributed by atoms with Crippen molar-refractivity contribution in [2.45, 2.75) is 64.0 Å². The van der Waals surface area contributed by atoms with E-state index in [0.717, 1.165) is 50.6 Å². The van der Waals surface area contributed by atoms with Crippen molar-refractivity contribution in [1.82, 2.24) is 30.5 Å². The minimum absolute atomic E-state index is 0.0136. The summed E-state index contributed by atoms with van der Waals surface area (Å²) in [5, 5.41) is 22.6. The summed E-state index contributed by atoms with van der Waals surface area (Å²) in [6.45, 7) is 4.32. The molecule has 3 aromatic heterocycles. The van der Waals surface area contributed by atoms with Crippen LogP contribution in [0.4, 0.5) is 10.2 Å². The van der Waals surface area contributed by atoms with E-state index in [-0.39, 0.29) is 28.5 Å². The van der Waals surface area contributed by atoms with E-state index in [1.54, 1.807) is 6.20 Å². The molecule has 2 saturated heterocycles. The molecule has 12 heteroatoms. The summed E-state index contributed by atoms with van der Waals surface area (Å²) in [6.07, 6.45) is 8.07. The molecule has 222 valence electrons. The second-order valence-electron chi connectivity index (χ2n) is 11.9. The number of hydrogen-bond acceptors (Lipinski definition) is 9. The molecule has 7 rings (SSSR count). The maximum Gasteiger partial charge on any atom is 0.319 e. The summed E-state index contributed by atoms with van der Waals surface area (Å²) in [5.74, 6) is -0.0409. The summed E-state index contributed by atoms with van der Waals surface area (Å²) < 4.78 is 28.9. The monoisotopic (exact) mass is 595 g/mol. The van der Waals surface area contributed by atoms with E-state index in [4.69, 9.17) is 26.1 Å². The highest BCUT2D eigenvalue weighted by atomic mass is 35.5. The van der Waals surface area contributed by atoms with Crippen LogP contribution in [0.2, 0.25) is 5.02 Å². The zero-order chi connectivity index (χ0) is 29.0. The van der Waals surface area contributed by atoms with E-state index in [9.17, 15) is 5.11 Å². The molecule has 0 spiro atoms. The third-order valence-corrected chi connectivity index (χ3v) is 9.83. The molecule has 3 aliphatic rings. The molecule has 10 nitrogen and oxygen atoms in total. The number of aryl methyl sites for hydroxylation is 1. The van der Waals surface area contributed by atoms with Gasteiger partial charge in [-0.15, -0.1) is 0 Å². The second-order valence-corrected chi connectivity index (χ2v) is 12.3. The topological polar surface area (TPSA) is 121 Å². The largest absolute Gasteiger partial charge is 0.480 e. The number of methoxy groups -OCH3 is 1. The Hall–Kier alpha value is -3.28. The number of pyridine rings is 1. The van der Waals surface area contributed by atoms with E-state index < -0.39 is 11.9 Å². The summed E-state index contributed by atoms with van der Waals surface area (Å²) in [4.78, 5) is 16.1. The van der Waals surface area contributed by atoms with Gasteiger partial charge in [-0.25, -0.2) is 9.37 Å². The van der Waals surface area contributed by atoms with Crippen molar-refractivity contribution in [2.75, 3.05) is 38.3 Å². The quantitative estimate of drug-likeness (QED) is 0.284. The molecule has 3 N–H and O–H groups in total. The van der Waals surface area contributed by atoms with Gasteiger partial charge in [0.1, 0.15) is 22.4 Å². The standard InChI is InChI=1S/C30H35ClFN7O3/c1-16-12-19-18(13-34-38-19)21(23(16)31)25-24(32)26-22(28(35-25)41-2)27(39-11-4-6-17(40)14-39)37-29(36-26)42-15-30-8-3-7-20(30)33-10-5-9-30/h12-13,17,20,33,40H,3-11,14-15H2,1-2H3,(H,34,38). The highest BCUT2D eigenvalue weighted by Gasteiger charge is 2.45. The Morgan fingerprint density at radius 2 is 2.05 bits per heavy atom. The van der Waals surface area contributed by atoms with Crippen molar-refractivity contribution in [1.29, 1.82) is 0 Å². The first-order chi connectivity index (χ1) is 20.4. The molecule has 4 aromatic rings. The van der Waals surface area contributed by atoms with Crippen molar-refractivity contribution >= 4 is 39.2 Å². The minimum atomic E-state index is -0.650. The maximum absolute atomic E-state index is 16.8. The Morgan fingerprint density at radius 1 is 1.19 bits per heavy atom. The zero-order valence-corrected chi connectivity index (χ0v) is 24.6. The van der Waals surface area contributed by atoms with Gasteiger partial charge in [0.15, 0.2) is 5.82 Å². The van der Waals surface area contributed by atoms with Crippen LogP contribution in [-0.2, 0) is 0 Å². The van der Waals surface area contributed by atoms with Crippen molar-refractivity contribution in [2.24, 2.45) is 5.41 Å². The van der Waals surface area contributed by atoms with Crippen molar-refractivity contribution in [3.63, 3.8) is 0 Å². The highest BCUT2D eigenvalue weighted by Crippen LogP contribution is 2.46. The molecular formula is C30H35ClFN7O3. The predicted molar refractivity (Wildman–Crippen MR) is 159 cm³/mol. The lowest BCUT2D eigenvalue weighted by molar-refractivity contribution is 0.0798. The number of piperidine rings is 2. The Balaban J connectivity index is 1.41. The van der Waals surface area contributed by atoms with Gasteiger partial charge in [0, 0.05) is 35.5 Å². The molecule has 0 radical (unpaired) electrons. The number of fused-ring (bicyclic) bond motifs is 3. The number of rotatable bonds is 6. The summed E-state index contributed by atoms with van der Waals surface area (Å²) in [6, 6.07) is 2.37. The number of halogens is 2. The average molecular weight is 596 g/mol. The number of hydrogen-bond donors (Lipinski definition) is 3. The number of H-pyrrole nitrogens is 1. The maximum atomic E-state index is 16.8. The number of benzene rings is 1. The first kappa shape index (κ1) is 27.5. The van der Waals surface area contributed by atoms with Gasteiger partial charge in [-0.1, -0.05) is 18.0 Å². The normalized spacial score (nSPS) is 24.4. The van der Waals surface area contributed by atoms with Gasteiger partial charge in [0.2, 0.25) is 5.88 Å². The Labute approximate surface area is 248 Å². The van der Waals surface area contributed by atoms with Gasteiger partial charge in [-0.05, 0) is 63.6 Å².